The first-order valence-corrected chi connectivity index (χ1v) is 7.79. The third-order valence-electron chi connectivity index (χ3n) is 4.84. The summed E-state index contributed by atoms with van der Waals surface area (Å²) in [4.78, 5) is 0. The predicted molar refractivity (Wildman–Crippen MR) is 83.4 cm³/mol. The fraction of sp³-hybridized carbons (Fsp3) is 0.667. The summed E-state index contributed by atoms with van der Waals surface area (Å²) in [6.07, 6.45) is 6.49. The zero-order chi connectivity index (χ0) is 13.9. The normalized spacial score (nSPS) is 24.4. The van der Waals surface area contributed by atoms with Crippen LogP contribution >= 0.6 is 0 Å². The van der Waals surface area contributed by atoms with Crippen molar-refractivity contribution < 1.29 is 0 Å². The Balaban J connectivity index is 1.94. The number of hydrogen-bond donors (Lipinski definition) is 1. The quantitative estimate of drug-likeness (QED) is 0.849. The summed E-state index contributed by atoms with van der Waals surface area (Å²) in [5.74, 6) is 1.69. The molecule has 106 valence electrons. The van der Waals surface area contributed by atoms with E-state index in [2.05, 4.69) is 45.0 Å². The van der Waals surface area contributed by atoms with Gasteiger partial charge in [0.05, 0.1) is 0 Å². The minimum absolute atomic E-state index is 0.482. The molecule has 0 unspecified atom stereocenters. The topological polar surface area (TPSA) is 26.0 Å². The Morgan fingerprint density at radius 2 is 1.58 bits per heavy atom. The molecule has 1 aromatic rings. The van der Waals surface area contributed by atoms with Crippen LogP contribution < -0.4 is 5.73 Å². The Bertz CT molecular complexity index is 377. The third-order valence-corrected chi connectivity index (χ3v) is 4.84. The number of benzene rings is 1. The zero-order valence-corrected chi connectivity index (χ0v) is 12.8. The van der Waals surface area contributed by atoms with Gasteiger partial charge in [-0.3, -0.25) is 0 Å². The van der Waals surface area contributed by atoms with E-state index in [1.165, 1.54) is 36.8 Å². The molecule has 1 aliphatic rings. The molecule has 19 heavy (non-hydrogen) atoms. The highest BCUT2D eigenvalue weighted by Crippen LogP contribution is 2.43. The van der Waals surface area contributed by atoms with E-state index in [4.69, 9.17) is 5.73 Å². The molecule has 1 nitrogen and oxygen atoms in total. The molecule has 0 saturated heterocycles. The highest BCUT2D eigenvalue weighted by Gasteiger charge is 2.29. The summed E-state index contributed by atoms with van der Waals surface area (Å²) in [6, 6.07) is 9.18. The van der Waals surface area contributed by atoms with E-state index in [-0.39, 0.29) is 0 Å². The van der Waals surface area contributed by atoms with Gasteiger partial charge in [0, 0.05) is 0 Å². The molecular formula is C18H29N. The van der Waals surface area contributed by atoms with Crippen molar-refractivity contribution in [2.24, 2.45) is 17.1 Å². The van der Waals surface area contributed by atoms with Gasteiger partial charge in [-0.1, -0.05) is 45.0 Å². The van der Waals surface area contributed by atoms with Crippen LogP contribution in [0, 0.1) is 11.3 Å². The number of rotatable bonds is 3. The van der Waals surface area contributed by atoms with Gasteiger partial charge in [0.25, 0.3) is 0 Å². The lowest BCUT2D eigenvalue weighted by molar-refractivity contribution is 0.169. The molecule has 1 aliphatic carbocycles. The monoisotopic (exact) mass is 259 g/mol. The van der Waals surface area contributed by atoms with Crippen molar-refractivity contribution in [3.8, 4) is 0 Å². The van der Waals surface area contributed by atoms with Gasteiger partial charge in [-0.25, -0.2) is 0 Å². The van der Waals surface area contributed by atoms with Crippen molar-refractivity contribution >= 4 is 0 Å². The first kappa shape index (κ1) is 14.6. The average Bonchev–Trinajstić information content (AvgIpc) is 2.39. The van der Waals surface area contributed by atoms with Gasteiger partial charge in [0.2, 0.25) is 0 Å². The van der Waals surface area contributed by atoms with E-state index in [1.807, 2.05) is 0 Å². The second kappa shape index (κ2) is 6.09. The first-order valence-electron chi connectivity index (χ1n) is 7.79. The van der Waals surface area contributed by atoms with Crippen LogP contribution in [0.1, 0.15) is 63.5 Å². The van der Waals surface area contributed by atoms with Crippen LogP contribution in [0.15, 0.2) is 24.3 Å². The fourth-order valence-electron chi connectivity index (χ4n) is 3.42. The van der Waals surface area contributed by atoms with E-state index >= 15 is 0 Å². The first-order chi connectivity index (χ1) is 9.00. The third kappa shape index (κ3) is 3.82. The van der Waals surface area contributed by atoms with E-state index in [1.54, 1.807) is 0 Å². The molecule has 0 spiro atoms. The molecule has 0 amide bonds. The molecule has 0 bridgehead atoms. The summed E-state index contributed by atoms with van der Waals surface area (Å²) in [5, 5.41) is 0. The van der Waals surface area contributed by atoms with Gasteiger partial charge in [0.15, 0.2) is 0 Å². The Hall–Kier alpha value is -0.820. The lowest BCUT2D eigenvalue weighted by atomic mass is 9.68. The molecule has 0 radical (unpaired) electrons. The predicted octanol–water partition coefficient (Wildman–Crippen LogP) is 4.51. The maximum Gasteiger partial charge on any atom is -0.00367 e. The molecule has 1 heteroatoms. The van der Waals surface area contributed by atoms with Gasteiger partial charge in [0.1, 0.15) is 0 Å². The van der Waals surface area contributed by atoms with Crippen LogP contribution in [-0.2, 0) is 6.42 Å². The van der Waals surface area contributed by atoms with Crippen LogP contribution in [0.25, 0.3) is 0 Å². The zero-order valence-electron chi connectivity index (χ0n) is 12.8. The van der Waals surface area contributed by atoms with Gasteiger partial charge in [-0.15, -0.1) is 0 Å². The van der Waals surface area contributed by atoms with Crippen LogP contribution in [0.5, 0.6) is 0 Å². The summed E-state index contributed by atoms with van der Waals surface area (Å²) < 4.78 is 0. The molecule has 1 aromatic carbocycles. The minimum Gasteiger partial charge on any atom is -0.330 e. The average molecular weight is 259 g/mol. The Kier molecular flexibility index (Phi) is 4.67. The van der Waals surface area contributed by atoms with Crippen LogP contribution in [0.3, 0.4) is 0 Å². The van der Waals surface area contributed by atoms with Crippen LogP contribution in [0.4, 0.5) is 0 Å². The van der Waals surface area contributed by atoms with Crippen molar-refractivity contribution in [1.82, 2.24) is 0 Å². The van der Waals surface area contributed by atoms with Crippen molar-refractivity contribution in [3.05, 3.63) is 35.4 Å². The number of nitrogens with two attached hydrogens (primary N) is 1. The summed E-state index contributed by atoms with van der Waals surface area (Å²) in [7, 11) is 0. The standard InChI is InChI=1S/C18H29N/c1-18(2,3)17-10-8-16(9-11-17)15-6-4-14(5-7-15)12-13-19/h4-7,16-17H,8-13,19H2,1-3H3. The Labute approximate surface area is 118 Å². The summed E-state index contributed by atoms with van der Waals surface area (Å²) in [5.41, 5.74) is 8.98. The van der Waals surface area contributed by atoms with E-state index in [0.29, 0.717) is 5.41 Å². The Morgan fingerprint density at radius 1 is 1.00 bits per heavy atom. The molecule has 0 atom stereocenters. The highest BCUT2D eigenvalue weighted by atomic mass is 14.5. The summed E-state index contributed by atoms with van der Waals surface area (Å²) >= 11 is 0. The number of hydrogen-bond acceptors (Lipinski definition) is 1. The van der Waals surface area contributed by atoms with Gasteiger partial charge in [-0.2, -0.15) is 0 Å². The van der Waals surface area contributed by atoms with Crippen molar-refractivity contribution in [2.45, 2.75) is 58.8 Å². The van der Waals surface area contributed by atoms with Gasteiger partial charge < -0.3 is 5.73 Å². The van der Waals surface area contributed by atoms with E-state index < -0.39 is 0 Å². The van der Waals surface area contributed by atoms with Crippen LogP contribution in [0.2, 0.25) is 0 Å². The molecule has 0 heterocycles. The summed E-state index contributed by atoms with van der Waals surface area (Å²) in [6.45, 7) is 7.91. The maximum absolute atomic E-state index is 5.60. The minimum atomic E-state index is 0.482. The van der Waals surface area contributed by atoms with Crippen molar-refractivity contribution in [3.63, 3.8) is 0 Å². The molecule has 0 aliphatic heterocycles. The van der Waals surface area contributed by atoms with E-state index in [0.717, 1.165) is 24.8 Å². The fourth-order valence-corrected chi connectivity index (χ4v) is 3.42. The van der Waals surface area contributed by atoms with Gasteiger partial charge in [-0.05, 0) is 67.0 Å². The lowest BCUT2D eigenvalue weighted by Gasteiger charge is -2.37. The second-order valence-corrected chi connectivity index (χ2v) is 7.19. The SMILES string of the molecule is CC(C)(C)C1CCC(c2ccc(CCN)cc2)CC1. The highest BCUT2D eigenvalue weighted by molar-refractivity contribution is 5.26. The van der Waals surface area contributed by atoms with Crippen LogP contribution in [-0.4, -0.2) is 6.54 Å². The van der Waals surface area contributed by atoms with Gasteiger partial charge >= 0.3 is 0 Å². The smallest absolute Gasteiger partial charge is 0.00367 e. The molecule has 2 N–H and O–H groups in total. The van der Waals surface area contributed by atoms with Crippen molar-refractivity contribution in [1.29, 1.82) is 0 Å². The molecule has 1 fully saturated rings. The second-order valence-electron chi connectivity index (χ2n) is 7.19. The van der Waals surface area contributed by atoms with E-state index in [9.17, 15) is 0 Å². The molecule has 0 aromatic heterocycles. The largest absolute Gasteiger partial charge is 0.330 e. The Morgan fingerprint density at radius 3 is 2.05 bits per heavy atom. The lowest BCUT2D eigenvalue weighted by Crippen LogP contribution is -2.25. The van der Waals surface area contributed by atoms with Crippen molar-refractivity contribution in [2.75, 3.05) is 6.54 Å². The molecule has 2 rings (SSSR count). The molecular weight excluding hydrogens is 230 g/mol. The maximum atomic E-state index is 5.60. The molecule has 1 saturated carbocycles.